The van der Waals surface area contributed by atoms with E-state index in [9.17, 15) is 4.79 Å². The third kappa shape index (κ3) is 3.66. The minimum Gasteiger partial charge on any atom is -0.368 e. The summed E-state index contributed by atoms with van der Waals surface area (Å²) in [4.78, 5) is 11.3. The molecule has 0 aromatic rings. The molecule has 17 heavy (non-hydrogen) atoms. The molecule has 0 radical (unpaired) electrons. The van der Waals surface area contributed by atoms with Crippen LogP contribution in [0.1, 0.15) is 38.5 Å². The summed E-state index contributed by atoms with van der Waals surface area (Å²) in [6.45, 7) is 2.95. The Hall–Kier alpha value is -0.650. The first kappa shape index (κ1) is 12.8. The van der Waals surface area contributed by atoms with Crippen molar-refractivity contribution in [3.05, 3.63) is 0 Å². The number of hydrogen-bond acceptors (Lipinski definition) is 4. The molecule has 0 saturated carbocycles. The average Bonchev–Trinajstić information content (AvgIpc) is 2.38. The van der Waals surface area contributed by atoms with Crippen LogP contribution in [0.3, 0.4) is 0 Å². The molecule has 5 heteroatoms. The fourth-order valence-electron chi connectivity index (χ4n) is 2.74. The fraction of sp³-hybridized carbons (Fsp3) is 0.917. The highest BCUT2D eigenvalue weighted by Gasteiger charge is 2.27. The number of hydrogen-bond donors (Lipinski definition) is 3. The monoisotopic (exact) mass is 240 g/mol. The van der Waals surface area contributed by atoms with Crippen molar-refractivity contribution in [2.75, 3.05) is 19.6 Å². The molecule has 5 nitrogen and oxygen atoms in total. The predicted octanol–water partition coefficient (Wildman–Crippen LogP) is -0.0271. The molecule has 2 fully saturated rings. The van der Waals surface area contributed by atoms with Gasteiger partial charge in [0.1, 0.15) is 6.04 Å². The number of nitrogens with two attached hydrogens (primary N) is 1. The van der Waals surface area contributed by atoms with E-state index < -0.39 is 0 Å². The van der Waals surface area contributed by atoms with Crippen LogP contribution in [0, 0.1) is 0 Å². The van der Waals surface area contributed by atoms with Crippen LogP contribution in [0.2, 0.25) is 0 Å². The summed E-state index contributed by atoms with van der Waals surface area (Å²) in [7, 11) is 0. The topological polar surface area (TPSA) is 70.4 Å². The van der Waals surface area contributed by atoms with Gasteiger partial charge < -0.3 is 11.1 Å². The third-order valence-corrected chi connectivity index (χ3v) is 3.78. The smallest absolute Gasteiger partial charge is 0.236 e. The van der Waals surface area contributed by atoms with Crippen molar-refractivity contribution < 1.29 is 4.79 Å². The van der Waals surface area contributed by atoms with Gasteiger partial charge in [0.05, 0.1) is 0 Å². The van der Waals surface area contributed by atoms with Crippen LogP contribution >= 0.6 is 0 Å². The largest absolute Gasteiger partial charge is 0.368 e. The van der Waals surface area contributed by atoms with E-state index in [1.54, 1.807) is 0 Å². The van der Waals surface area contributed by atoms with E-state index >= 15 is 0 Å². The zero-order chi connectivity index (χ0) is 12.1. The molecular weight excluding hydrogens is 216 g/mol. The second-order valence-corrected chi connectivity index (χ2v) is 5.12. The van der Waals surface area contributed by atoms with Crippen molar-refractivity contribution in [2.24, 2.45) is 5.73 Å². The van der Waals surface area contributed by atoms with E-state index in [0.29, 0.717) is 6.04 Å². The van der Waals surface area contributed by atoms with Gasteiger partial charge in [-0.05, 0) is 38.6 Å². The summed E-state index contributed by atoms with van der Waals surface area (Å²) in [6, 6.07) is 0.423. The molecule has 2 saturated heterocycles. The zero-order valence-electron chi connectivity index (χ0n) is 10.5. The van der Waals surface area contributed by atoms with Crippen LogP contribution in [-0.4, -0.2) is 42.6 Å². The number of rotatable bonds is 4. The Morgan fingerprint density at radius 1 is 1.29 bits per heavy atom. The number of hydrazine groups is 1. The van der Waals surface area contributed by atoms with Crippen molar-refractivity contribution in [1.82, 2.24) is 15.8 Å². The van der Waals surface area contributed by atoms with E-state index in [1.165, 1.54) is 19.3 Å². The Morgan fingerprint density at radius 2 is 2.12 bits per heavy atom. The van der Waals surface area contributed by atoms with Crippen LogP contribution in [0.15, 0.2) is 0 Å². The van der Waals surface area contributed by atoms with Crippen molar-refractivity contribution in [3.63, 3.8) is 0 Å². The maximum absolute atomic E-state index is 11.3. The molecule has 1 amide bonds. The van der Waals surface area contributed by atoms with Gasteiger partial charge in [-0.2, -0.15) is 0 Å². The first-order valence-electron chi connectivity index (χ1n) is 6.80. The summed E-state index contributed by atoms with van der Waals surface area (Å²) in [5, 5.41) is 5.54. The van der Waals surface area contributed by atoms with Crippen LogP contribution in [-0.2, 0) is 4.79 Å². The second kappa shape index (κ2) is 6.33. The third-order valence-electron chi connectivity index (χ3n) is 3.78. The number of amides is 1. The Morgan fingerprint density at radius 3 is 2.82 bits per heavy atom. The molecule has 0 aliphatic carbocycles. The summed E-state index contributed by atoms with van der Waals surface area (Å²) >= 11 is 0. The molecule has 0 spiro atoms. The highest BCUT2D eigenvalue weighted by atomic mass is 16.1. The first-order chi connectivity index (χ1) is 8.27. The summed E-state index contributed by atoms with van der Waals surface area (Å²) in [5.74, 6) is -0.200. The van der Waals surface area contributed by atoms with Crippen LogP contribution in [0.4, 0.5) is 0 Å². The van der Waals surface area contributed by atoms with Crippen LogP contribution in [0.5, 0.6) is 0 Å². The average molecular weight is 240 g/mol. The minimum atomic E-state index is -0.200. The van der Waals surface area contributed by atoms with E-state index in [-0.39, 0.29) is 11.9 Å². The van der Waals surface area contributed by atoms with Crippen molar-refractivity contribution in [3.8, 4) is 0 Å². The summed E-state index contributed by atoms with van der Waals surface area (Å²) < 4.78 is 0. The van der Waals surface area contributed by atoms with Crippen molar-refractivity contribution >= 4 is 5.91 Å². The number of nitrogens with one attached hydrogen (secondary N) is 2. The molecule has 98 valence electrons. The van der Waals surface area contributed by atoms with Gasteiger partial charge in [-0.25, -0.2) is 5.01 Å². The standard InChI is InChI=1S/C12H24N4O/c13-12(17)11-6-2-4-8-16(11)15-9-10-5-1-3-7-14-10/h10-11,14-15H,1-9H2,(H2,13,17)/t10-,11-/m1/s1. The Kier molecular flexibility index (Phi) is 4.76. The lowest BCUT2D eigenvalue weighted by Gasteiger charge is -2.35. The van der Waals surface area contributed by atoms with Crippen molar-refractivity contribution in [1.29, 1.82) is 0 Å². The number of primary amides is 1. The summed E-state index contributed by atoms with van der Waals surface area (Å²) in [5.41, 5.74) is 8.82. The molecule has 2 atom stereocenters. The highest BCUT2D eigenvalue weighted by molar-refractivity contribution is 5.79. The maximum atomic E-state index is 11.3. The SMILES string of the molecule is NC(=O)[C@H]1CCCCN1NC[C@H]1CCCCN1. The van der Waals surface area contributed by atoms with Gasteiger partial charge in [-0.1, -0.05) is 6.42 Å². The Labute approximate surface area is 103 Å². The van der Waals surface area contributed by atoms with E-state index in [1.807, 2.05) is 5.01 Å². The fourth-order valence-corrected chi connectivity index (χ4v) is 2.74. The normalized spacial score (nSPS) is 31.3. The molecule has 2 rings (SSSR count). The van der Waals surface area contributed by atoms with Crippen molar-refractivity contribution in [2.45, 2.75) is 50.6 Å². The van der Waals surface area contributed by atoms with Gasteiger partial charge in [0.2, 0.25) is 5.91 Å². The van der Waals surface area contributed by atoms with Gasteiger partial charge in [0.25, 0.3) is 0 Å². The maximum Gasteiger partial charge on any atom is 0.236 e. The number of nitrogens with zero attached hydrogens (tertiary/aromatic N) is 1. The van der Waals surface area contributed by atoms with Gasteiger partial charge in [-0.15, -0.1) is 0 Å². The zero-order valence-corrected chi connectivity index (χ0v) is 10.5. The van der Waals surface area contributed by atoms with Crippen LogP contribution < -0.4 is 16.5 Å². The van der Waals surface area contributed by atoms with Gasteiger partial charge >= 0.3 is 0 Å². The van der Waals surface area contributed by atoms with Gasteiger partial charge in [-0.3, -0.25) is 10.2 Å². The molecule has 0 unspecified atom stereocenters. The second-order valence-electron chi connectivity index (χ2n) is 5.12. The lowest BCUT2D eigenvalue weighted by molar-refractivity contribution is -0.126. The lowest BCUT2D eigenvalue weighted by atomic mass is 10.0. The van der Waals surface area contributed by atoms with Gasteiger partial charge in [0, 0.05) is 19.1 Å². The van der Waals surface area contributed by atoms with E-state index in [4.69, 9.17) is 5.73 Å². The highest BCUT2D eigenvalue weighted by Crippen LogP contribution is 2.15. The number of piperidine rings is 2. The molecular formula is C12H24N4O. The molecule has 0 bridgehead atoms. The van der Waals surface area contributed by atoms with E-state index in [0.717, 1.165) is 38.9 Å². The van der Waals surface area contributed by atoms with E-state index in [2.05, 4.69) is 10.7 Å². The number of carbonyl (C=O) groups is 1. The quantitative estimate of drug-likeness (QED) is 0.645. The lowest BCUT2D eigenvalue weighted by Crippen LogP contribution is -2.56. The molecule has 2 aliphatic heterocycles. The molecule has 0 aromatic carbocycles. The molecule has 2 heterocycles. The molecule has 4 N–H and O–H groups in total. The summed E-state index contributed by atoms with van der Waals surface area (Å²) in [6.07, 6.45) is 6.95. The van der Waals surface area contributed by atoms with Gasteiger partial charge in [0.15, 0.2) is 0 Å². The molecule has 2 aliphatic rings. The number of carbonyl (C=O) groups excluding carboxylic acids is 1. The van der Waals surface area contributed by atoms with Crippen LogP contribution in [0.25, 0.3) is 0 Å². The first-order valence-corrected chi connectivity index (χ1v) is 6.80. The Balaban J connectivity index is 1.77. The Bertz CT molecular complexity index is 253. The minimum absolute atomic E-state index is 0.118. The molecule has 0 aromatic heterocycles. The predicted molar refractivity (Wildman–Crippen MR) is 67.2 cm³/mol.